The lowest BCUT2D eigenvalue weighted by Gasteiger charge is -2.42. The fraction of sp³-hybridized carbons (Fsp3) is 0.905. The molecule has 2 saturated carbocycles. The minimum atomic E-state index is -0.420. The second kappa shape index (κ2) is 6.64. The van der Waals surface area contributed by atoms with Crippen LogP contribution in [0.3, 0.4) is 0 Å². The summed E-state index contributed by atoms with van der Waals surface area (Å²) in [6, 6.07) is 0. The van der Waals surface area contributed by atoms with Crippen LogP contribution in [0.1, 0.15) is 81.1 Å². The first-order chi connectivity index (χ1) is 10.7. The first kappa shape index (κ1) is 22.6. The molecule has 0 radical (unpaired) electrons. The van der Waals surface area contributed by atoms with Crippen LogP contribution in [0.4, 0.5) is 0 Å². The van der Waals surface area contributed by atoms with Gasteiger partial charge in [0.25, 0.3) is 0 Å². The molecule has 4 unspecified atom stereocenters. The van der Waals surface area contributed by atoms with Crippen molar-refractivity contribution in [2.75, 3.05) is 7.05 Å². The smallest absolute Gasteiger partial charge is 0.325 e. The first-order valence-electron chi connectivity index (χ1n) is 9.66. The molecule has 2 rings (SSSR count). The van der Waals surface area contributed by atoms with Crippen LogP contribution in [0.2, 0.25) is 0 Å². The number of quaternary nitrogens is 1. The zero-order valence-corrected chi connectivity index (χ0v) is 18.4. The number of nitrogens with one attached hydrogen (secondary N) is 1. The molecule has 0 aromatic heterocycles. The topological polar surface area (TPSA) is 38.6 Å². The molecule has 0 aromatic rings. The number of carbonyl (C=O) groups is 2. The highest BCUT2D eigenvalue weighted by Gasteiger charge is 2.62. The predicted molar refractivity (Wildman–Crippen MR) is 97.5 cm³/mol. The van der Waals surface area contributed by atoms with Gasteiger partial charge in [-0.1, -0.05) is 41.5 Å². The Morgan fingerprint density at radius 3 is 1.24 bits per heavy atom. The molecule has 0 aromatic carbocycles. The van der Waals surface area contributed by atoms with Crippen molar-refractivity contribution >= 4 is 11.8 Å². The maximum atomic E-state index is 13.4. The molecule has 2 aliphatic carbocycles. The highest BCUT2D eigenvalue weighted by molar-refractivity contribution is 5.88. The van der Waals surface area contributed by atoms with Gasteiger partial charge in [0.2, 0.25) is 0 Å². The van der Waals surface area contributed by atoms with Crippen LogP contribution in [0.5, 0.6) is 0 Å². The standard InChI is InChI=1S/C21H37NO2.ClH/c1-14-10-12-20(7,18(14,3)4)16(23)22(9)17(24)21(8)13-11-15(2)19(21,5)6;/h14-15H,10-13H2,1-9H3;1H. The van der Waals surface area contributed by atoms with Crippen LogP contribution in [0.25, 0.3) is 0 Å². The third kappa shape index (κ3) is 2.90. The summed E-state index contributed by atoms with van der Waals surface area (Å²) < 4.78 is 0. The second-order valence-electron chi connectivity index (χ2n) is 10.3. The van der Waals surface area contributed by atoms with E-state index in [1.54, 1.807) is 7.05 Å². The van der Waals surface area contributed by atoms with Crippen molar-refractivity contribution in [3.63, 3.8) is 0 Å². The number of carbonyl (C=O) groups excluding carboxylic acids is 2. The Labute approximate surface area is 160 Å². The van der Waals surface area contributed by atoms with Crippen LogP contribution in [0.15, 0.2) is 0 Å². The normalized spacial score (nSPS) is 40.4. The molecule has 25 heavy (non-hydrogen) atoms. The average Bonchev–Trinajstić information content (AvgIpc) is 2.85. The van der Waals surface area contributed by atoms with Gasteiger partial charge in [0, 0.05) is 0 Å². The minimum Gasteiger partial charge on any atom is -1.00 e. The summed E-state index contributed by atoms with van der Waals surface area (Å²) >= 11 is 0. The number of hydrogen-bond acceptors (Lipinski definition) is 2. The number of halogens is 1. The van der Waals surface area contributed by atoms with Gasteiger partial charge in [-0.15, -0.1) is 0 Å². The number of amides is 2. The van der Waals surface area contributed by atoms with Crippen molar-refractivity contribution in [3.8, 4) is 0 Å². The van der Waals surface area contributed by atoms with Crippen molar-refractivity contribution < 1.29 is 26.9 Å². The van der Waals surface area contributed by atoms with Crippen molar-refractivity contribution in [1.29, 1.82) is 0 Å². The van der Waals surface area contributed by atoms with E-state index in [1.165, 1.54) is 0 Å². The molecule has 2 amide bonds. The van der Waals surface area contributed by atoms with Gasteiger partial charge < -0.3 is 12.4 Å². The average molecular weight is 372 g/mol. The van der Waals surface area contributed by atoms with E-state index in [9.17, 15) is 9.59 Å². The Balaban J connectivity index is 0.00000312. The monoisotopic (exact) mass is 371 g/mol. The van der Waals surface area contributed by atoms with Gasteiger partial charge in [-0.2, -0.15) is 0 Å². The maximum Gasteiger partial charge on any atom is 0.325 e. The third-order valence-electron chi connectivity index (χ3n) is 9.15. The summed E-state index contributed by atoms with van der Waals surface area (Å²) in [7, 11) is 1.79. The van der Waals surface area contributed by atoms with E-state index >= 15 is 0 Å². The summed E-state index contributed by atoms with van der Waals surface area (Å²) in [5, 5.41) is 0. The number of imide groups is 1. The summed E-state index contributed by atoms with van der Waals surface area (Å²) in [6.45, 7) is 17.4. The number of rotatable bonds is 2. The van der Waals surface area contributed by atoms with Gasteiger partial charge in [-0.3, -0.25) is 0 Å². The Bertz CT molecular complexity index is 508. The van der Waals surface area contributed by atoms with Crippen molar-refractivity contribution in [2.24, 2.45) is 33.5 Å². The fourth-order valence-corrected chi connectivity index (χ4v) is 5.21. The lowest BCUT2D eigenvalue weighted by atomic mass is 9.63. The van der Waals surface area contributed by atoms with Crippen molar-refractivity contribution in [3.05, 3.63) is 0 Å². The van der Waals surface area contributed by atoms with E-state index in [-0.39, 0.29) is 35.1 Å². The Kier molecular flexibility index (Phi) is 6.01. The minimum absolute atomic E-state index is 0. The zero-order valence-electron chi connectivity index (χ0n) is 17.7. The van der Waals surface area contributed by atoms with E-state index in [0.717, 1.165) is 25.7 Å². The van der Waals surface area contributed by atoms with E-state index in [1.807, 2.05) is 0 Å². The van der Waals surface area contributed by atoms with E-state index < -0.39 is 10.8 Å². The van der Waals surface area contributed by atoms with E-state index in [4.69, 9.17) is 0 Å². The van der Waals surface area contributed by atoms with Gasteiger partial charge >= 0.3 is 11.8 Å². The lowest BCUT2D eigenvalue weighted by molar-refractivity contribution is -0.725. The fourth-order valence-electron chi connectivity index (χ4n) is 5.21. The van der Waals surface area contributed by atoms with Crippen LogP contribution in [-0.4, -0.2) is 18.9 Å². The second-order valence-corrected chi connectivity index (χ2v) is 10.3. The number of hydrogen-bond donors (Lipinski definition) is 1. The quantitative estimate of drug-likeness (QED) is 0.717. The van der Waals surface area contributed by atoms with E-state index in [2.05, 4.69) is 55.4 Å². The highest BCUT2D eigenvalue weighted by Crippen LogP contribution is 2.57. The van der Waals surface area contributed by atoms with E-state index in [0.29, 0.717) is 16.7 Å². The van der Waals surface area contributed by atoms with Crippen LogP contribution in [0, 0.1) is 33.5 Å². The Morgan fingerprint density at radius 2 is 1.04 bits per heavy atom. The molecule has 4 heteroatoms. The molecule has 0 aliphatic heterocycles. The zero-order chi connectivity index (χ0) is 18.7. The van der Waals surface area contributed by atoms with Crippen LogP contribution < -0.4 is 17.3 Å². The van der Waals surface area contributed by atoms with Crippen molar-refractivity contribution in [2.45, 2.75) is 81.1 Å². The van der Waals surface area contributed by atoms with Crippen LogP contribution >= 0.6 is 0 Å². The van der Waals surface area contributed by atoms with Crippen LogP contribution in [-0.2, 0) is 9.59 Å². The molecule has 4 atom stereocenters. The molecular weight excluding hydrogens is 334 g/mol. The predicted octanol–water partition coefficient (Wildman–Crippen LogP) is 0.483. The summed E-state index contributed by atoms with van der Waals surface area (Å²) in [5.41, 5.74) is -0.968. The molecule has 1 N–H and O–H groups in total. The molecule has 146 valence electrons. The van der Waals surface area contributed by atoms with Gasteiger partial charge in [0.05, 0.1) is 17.9 Å². The molecule has 0 saturated heterocycles. The molecular formula is C21H38ClNO2. The molecule has 2 aliphatic rings. The molecule has 2 fully saturated rings. The Hall–Kier alpha value is -0.410. The van der Waals surface area contributed by atoms with Gasteiger partial charge in [0.1, 0.15) is 0 Å². The molecule has 3 nitrogen and oxygen atoms in total. The molecule has 0 spiro atoms. The summed E-state index contributed by atoms with van der Waals surface area (Å²) in [5.74, 6) is 1.21. The third-order valence-corrected chi connectivity index (χ3v) is 9.15. The molecule has 0 heterocycles. The maximum absolute atomic E-state index is 13.4. The Morgan fingerprint density at radius 1 is 0.760 bits per heavy atom. The lowest BCUT2D eigenvalue weighted by Crippen LogP contribution is -3.17. The molecule has 0 bridgehead atoms. The highest BCUT2D eigenvalue weighted by atomic mass is 35.5. The summed E-state index contributed by atoms with van der Waals surface area (Å²) in [6.07, 6.45) is 3.91. The first-order valence-corrected chi connectivity index (χ1v) is 9.66. The van der Waals surface area contributed by atoms with Gasteiger partial charge in [-0.05, 0) is 62.2 Å². The SMILES string of the molecule is CC1CCC(C)(C(=O)[NH+](C)C(=O)C2(C)CCC(C)C2(C)C)C1(C)C.[Cl-]. The van der Waals surface area contributed by atoms with Gasteiger partial charge in [0.15, 0.2) is 0 Å². The van der Waals surface area contributed by atoms with Gasteiger partial charge in [-0.25, -0.2) is 14.5 Å². The van der Waals surface area contributed by atoms with Crippen molar-refractivity contribution in [1.82, 2.24) is 0 Å². The summed E-state index contributed by atoms with van der Waals surface area (Å²) in [4.78, 5) is 27.3. The largest absolute Gasteiger partial charge is 1.00 e.